The van der Waals surface area contributed by atoms with Gasteiger partial charge in [-0.3, -0.25) is 0 Å². The molecule has 0 atom stereocenters. The van der Waals surface area contributed by atoms with Crippen LogP contribution in [0, 0.1) is 17.1 Å². The van der Waals surface area contributed by atoms with Gasteiger partial charge in [-0.05, 0) is 48.3 Å². The summed E-state index contributed by atoms with van der Waals surface area (Å²) in [4.78, 5) is 4.57. The standard InChI is InChI=1S/C19H26ClNOSSi/c1-24(2,3)23-14-13-19(21-18-11-9-17(20)10-12-18)22-15-16-7-5-4-6-8-16/h9-12,16H,4-8,15H2,1-3H3/b21-19-. The largest absolute Gasteiger partial charge is 0.471 e. The lowest BCUT2D eigenvalue weighted by atomic mass is 9.90. The number of hydrogen-bond donors (Lipinski definition) is 0. The van der Waals surface area contributed by atoms with Crippen LogP contribution in [0.15, 0.2) is 29.3 Å². The number of hydrogen-bond acceptors (Lipinski definition) is 3. The summed E-state index contributed by atoms with van der Waals surface area (Å²) in [5.41, 5.74) is 0.824. The topological polar surface area (TPSA) is 21.6 Å². The molecule has 0 N–H and O–H groups in total. The van der Waals surface area contributed by atoms with Gasteiger partial charge in [0.1, 0.15) is 7.22 Å². The maximum absolute atomic E-state index is 5.98. The molecule has 2 rings (SSSR count). The van der Waals surface area contributed by atoms with Crippen LogP contribution in [0.4, 0.5) is 5.69 Å². The zero-order valence-corrected chi connectivity index (χ0v) is 17.3. The number of benzene rings is 1. The van der Waals surface area contributed by atoms with Gasteiger partial charge in [-0.25, -0.2) is 4.99 Å². The van der Waals surface area contributed by atoms with Crippen molar-refractivity contribution >= 4 is 41.6 Å². The van der Waals surface area contributed by atoms with Gasteiger partial charge < -0.3 is 4.74 Å². The first-order chi connectivity index (χ1) is 11.4. The van der Waals surface area contributed by atoms with Gasteiger partial charge in [-0.1, -0.05) is 50.5 Å². The highest BCUT2D eigenvalue weighted by Crippen LogP contribution is 2.24. The molecule has 0 spiro atoms. The van der Waals surface area contributed by atoms with Gasteiger partial charge in [0, 0.05) is 10.9 Å². The van der Waals surface area contributed by atoms with Crippen molar-refractivity contribution in [1.82, 2.24) is 0 Å². The maximum Gasteiger partial charge on any atom is 0.269 e. The van der Waals surface area contributed by atoms with Crippen LogP contribution in [0.1, 0.15) is 32.1 Å². The van der Waals surface area contributed by atoms with Crippen LogP contribution in [0.25, 0.3) is 0 Å². The lowest BCUT2D eigenvalue weighted by Crippen LogP contribution is -2.16. The van der Waals surface area contributed by atoms with Crippen LogP contribution in [0.3, 0.4) is 0 Å². The SMILES string of the molecule is C[Si](C)(C)SC#C/C(=N/c1ccc(Cl)cc1)OCC1CCCCC1. The Hall–Kier alpha value is -0.893. The van der Waals surface area contributed by atoms with Crippen molar-refractivity contribution in [3.8, 4) is 11.2 Å². The first-order valence-electron chi connectivity index (χ1n) is 8.58. The van der Waals surface area contributed by atoms with E-state index in [-0.39, 0.29) is 0 Å². The molecule has 1 saturated carbocycles. The van der Waals surface area contributed by atoms with Crippen molar-refractivity contribution < 1.29 is 4.74 Å². The summed E-state index contributed by atoms with van der Waals surface area (Å²) in [7, 11) is -1.26. The summed E-state index contributed by atoms with van der Waals surface area (Å²) in [5.74, 6) is 4.28. The highest BCUT2D eigenvalue weighted by Gasteiger charge is 2.15. The Morgan fingerprint density at radius 1 is 1.21 bits per heavy atom. The minimum atomic E-state index is -1.26. The second kappa shape index (κ2) is 9.55. The predicted molar refractivity (Wildman–Crippen MR) is 110 cm³/mol. The zero-order chi connectivity index (χ0) is 17.4. The van der Waals surface area contributed by atoms with E-state index in [4.69, 9.17) is 16.3 Å². The van der Waals surface area contributed by atoms with Crippen molar-refractivity contribution in [2.24, 2.45) is 10.9 Å². The quantitative estimate of drug-likeness (QED) is 0.258. The minimum absolute atomic E-state index is 0.522. The van der Waals surface area contributed by atoms with E-state index in [9.17, 15) is 0 Å². The summed E-state index contributed by atoms with van der Waals surface area (Å²) in [6, 6.07) is 7.45. The smallest absolute Gasteiger partial charge is 0.269 e. The Morgan fingerprint density at radius 3 is 2.50 bits per heavy atom. The van der Waals surface area contributed by atoms with Gasteiger partial charge >= 0.3 is 0 Å². The first kappa shape index (κ1) is 19.4. The monoisotopic (exact) mass is 379 g/mol. The molecule has 130 valence electrons. The van der Waals surface area contributed by atoms with Crippen molar-refractivity contribution in [2.75, 3.05) is 6.61 Å². The molecule has 1 aromatic rings. The third-order valence-corrected chi connectivity index (χ3v) is 6.96. The van der Waals surface area contributed by atoms with Gasteiger partial charge in [0.05, 0.1) is 12.3 Å². The molecule has 0 unspecified atom stereocenters. The maximum atomic E-state index is 5.98. The minimum Gasteiger partial charge on any atom is -0.471 e. The van der Waals surface area contributed by atoms with E-state index in [1.165, 1.54) is 32.1 Å². The molecule has 5 heteroatoms. The van der Waals surface area contributed by atoms with E-state index in [1.54, 1.807) is 11.2 Å². The predicted octanol–water partition coefficient (Wildman–Crippen LogP) is 6.50. The first-order valence-corrected chi connectivity index (χ1v) is 14.0. The molecule has 0 radical (unpaired) electrons. The van der Waals surface area contributed by atoms with Gasteiger partial charge in [0.2, 0.25) is 0 Å². The fraction of sp³-hybridized carbons (Fsp3) is 0.526. The summed E-state index contributed by atoms with van der Waals surface area (Å²) < 4.78 is 5.98. The van der Waals surface area contributed by atoms with E-state index in [2.05, 4.69) is 35.8 Å². The second-order valence-corrected chi connectivity index (χ2v) is 16.5. The number of ether oxygens (including phenoxy) is 1. The molecule has 1 aromatic carbocycles. The molecule has 0 saturated heterocycles. The number of rotatable bonds is 4. The molecule has 1 aliphatic carbocycles. The molecule has 2 nitrogen and oxygen atoms in total. The zero-order valence-electron chi connectivity index (χ0n) is 14.8. The molecule has 24 heavy (non-hydrogen) atoms. The van der Waals surface area contributed by atoms with Gasteiger partial charge in [0.15, 0.2) is 0 Å². The Bertz CT molecular complexity index is 607. The lowest BCUT2D eigenvalue weighted by molar-refractivity contribution is 0.202. The Morgan fingerprint density at radius 2 is 1.88 bits per heavy atom. The highest BCUT2D eigenvalue weighted by atomic mass is 35.5. The normalized spacial score (nSPS) is 16.4. The van der Waals surface area contributed by atoms with E-state index in [0.29, 0.717) is 16.8 Å². The average molecular weight is 380 g/mol. The Labute approximate surface area is 156 Å². The van der Waals surface area contributed by atoms with Gasteiger partial charge in [-0.15, -0.1) is 11.2 Å². The number of halogens is 1. The van der Waals surface area contributed by atoms with Crippen LogP contribution in [-0.4, -0.2) is 19.7 Å². The van der Waals surface area contributed by atoms with Crippen molar-refractivity contribution in [2.45, 2.75) is 51.7 Å². The Kier molecular flexibility index (Phi) is 7.74. The summed E-state index contributed by atoms with van der Waals surface area (Å²) >= 11 is 7.67. The lowest BCUT2D eigenvalue weighted by Gasteiger charge is -2.21. The third kappa shape index (κ3) is 7.79. The van der Waals surface area contributed by atoms with Crippen LogP contribution >= 0.6 is 22.8 Å². The summed E-state index contributed by atoms with van der Waals surface area (Å²) in [6.45, 7) is 7.57. The van der Waals surface area contributed by atoms with Gasteiger partial charge in [0.25, 0.3) is 5.90 Å². The number of nitrogens with zero attached hydrogens (tertiary/aromatic N) is 1. The van der Waals surface area contributed by atoms with E-state index in [1.807, 2.05) is 24.3 Å². The van der Waals surface area contributed by atoms with E-state index >= 15 is 0 Å². The second-order valence-electron chi connectivity index (χ2n) is 7.15. The molecule has 0 amide bonds. The van der Waals surface area contributed by atoms with Crippen LogP contribution in [0.2, 0.25) is 24.7 Å². The number of aliphatic imine (C=N–C) groups is 1. The van der Waals surface area contributed by atoms with Crippen molar-refractivity contribution in [3.63, 3.8) is 0 Å². The van der Waals surface area contributed by atoms with E-state index < -0.39 is 7.22 Å². The van der Waals surface area contributed by atoms with E-state index in [0.717, 1.165) is 12.3 Å². The van der Waals surface area contributed by atoms with Crippen LogP contribution in [0.5, 0.6) is 0 Å². The van der Waals surface area contributed by atoms with Crippen LogP contribution < -0.4 is 0 Å². The molecular weight excluding hydrogens is 354 g/mol. The summed E-state index contributed by atoms with van der Waals surface area (Å²) in [5, 5.41) is 3.90. The fourth-order valence-corrected chi connectivity index (χ4v) is 4.14. The molecule has 0 aliphatic heterocycles. The molecule has 0 bridgehead atoms. The molecule has 0 heterocycles. The van der Waals surface area contributed by atoms with Crippen molar-refractivity contribution in [1.29, 1.82) is 0 Å². The molecular formula is C19H26ClNOSSi. The molecule has 1 aliphatic rings. The fourth-order valence-electron chi connectivity index (χ4n) is 2.50. The highest BCUT2D eigenvalue weighted by molar-refractivity contribution is 8.32. The van der Waals surface area contributed by atoms with Gasteiger partial charge in [-0.2, -0.15) is 0 Å². The average Bonchev–Trinajstić information content (AvgIpc) is 2.54. The Balaban J connectivity index is 2.06. The molecule has 0 aromatic heterocycles. The molecule has 1 fully saturated rings. The van der Waals surface area contributed by atoms with Crippen molar-refractivity contribution in [3.05, 3.63) is 29.3 Å². The summed E-state index contributed by atoms with van der Waals surface area (Å²) in [6.07, 6.45) is 6.50. The van der Waals surface area contributed by atoms with Crippen LogP contribution in [-0.2, 0) is 4.74 Å². The third-order valence-electron chi connectivity index (χ3n) is 3.75.